The van der Waals surface area contributed by atoms with Crippen LogP contribution < -0.4 is 0 Å². The summed E-state index contributed by atoms with van der Waals surface area (Å²) in [5.41, 5.74) is 6.38. The Morgan fingerprint density at radius 2 is 0.970 bits per heavy atom. The summed E-state index contributed by atoms with van der Waals surface area (Å²) in [4.78, 5) is 0. The van der Waals surface area contributed by atoms with Crippen LogP contribution in [0.2, 0.25) is 0 Å². The molecule has 0 unspecified atom stereocenters. The summed E-state index contributed by atoms with van der Waals surface area (Å²) in [6, 6.07) is 8.55. The van der Waals surface area contributed by atoms with Crippen LogP contribution in [0, 0.1) is 0 Å². The first-order valence-electron chi connectivity index (χ1n) is 12.0. The van der Waals surface area contributed by atoms with E-state index >= 15 is 0 Å². The van der Waals surface area contributed by atoms with Gasteiger partial charge in [-0.3, -0.25) is 0 Å². The van der Waals surface area contributed by atoms with E-state index in [-0.39, 0.29) is 21.7 Å². The van der Waals surface area contributed by atoms with Crippen LogP contribution in [0.5, 0.6) is 11.5 Å². The van der Waals surface area contributed by atoms with Crippen molar-refractivity contribution in [3.05, 3.63) is 57.6 Å². The van der Waals surface area contributed by atoms with Gasteiger partial charge >= 0.3 is 0 Å². The topological polar surface area (TPSA) is 40.5 Å². The first-order chi connectivity index (χ1) is 14.7. The molecule has 0 aliphatic carbocycles. The van der Waals surface area contributed by atoms with Gasteiger partial charge < -0.3 is 10.2 Å². The zero-order valence-corrected chi connectivity index (χ0v) is 23.8. The lowest BCUT2D eigenvalue weighted by atomic mass is 9.78. The van der Waals surface area contributed by atoms with Gasteiger partial charge in [-0.05, 0) is 61.1 Å². The number of hydrogen-bond donors (Lipinski definition) is 2. The predicted molar refractivity (Wildman–Crippen MR) is 146 cm³/mol. The molecule has 0 saturated heterocycles. The number of hydrogen-bond acceptors (Lipinski definition) is 3. The largest absolute Gasteiger partial charge is 0.508 e. The molecule has 0 bridgehead atoms. The van der Waals surface area contributed by atoms with Crippen LogP contribution in [0.1, 0.15) is 116 Å². The van der Waals surface area contributed by atoms with E-state index in [0.29, 0.717) is 11.5 Å². The summed E-state index contributed by atoms with van der Waals surface area (Å²) in [6.07, 6.45) is 0. The molecule has 0 saturated carbocycles. The van der Waals surface area contributed by atoms with Crippen LogP contribution in [0.4, 0.5) is 0 Å². The highest BCUT2D eigenvalue weighted by Crippen LogP contribution is 2.42. The van der Waals surface area contributed by atoms with Crippen molar-refractivity contribution in [2.45, 2.75) is 116 Å². The molecule has 2 N–H and O–H groups in total. The van der Waals surface area contributed by atoms with E-state index in [1.54, 1.807) is 0 Å². The fraction of sp³-hybridized carbons (Fsp3) is 0.600. The molecule has 0 aliphatic heterocycles. The minimum atomic E-state index is -0.122. The molecule has 2 nitrogen and oxygen atoms in total. The molecule has 0 heterocycles. The Morgan fingerprint density at radius 1 is 0.545 bits per heavy atom. The van der Waals surface area contributed by atoms with E-state index in [4.69, 9.17) is 0 Å². The van der Waals surface area contributed by atoms with Crippen molar-refractivity contribution in [3.63, 3.8) is 0 Å². The third-order valence-electron chi connectivity index (χ3n) is 6.15. The molecule has 184 valence electrons. The van der Waals surface area contributed by atoms with Crippen molar-refractivity contribution in [3.8, 4) is 11.5 Å². The summed E-state index contributed by atoms with van der Waals surface area (Å²) in [6.45, 7) is 26.0. The highest BCUT2D eigenvalue weighted by molar-refractivity contribution is 7.97. The summed E-state index contributed by atoms with van der Waals surface area (Å²) in [7, 11) is 0. The Bertz CT molecular complexity index is 955. The van der Waals surface area contributed by atoms with Gasteiger partial charge in [-0.25, -0.2) is 0 Å². The van der Waals surface area contributed by atoms with Crippen molar-refractivity contribution in [1.29, 1.82) is 0 Å². The van der Waals surface area contributed by atoms with Crippen molar-refractivity contribution in [2.75, 3.05) is 0 Å². The number of phenolic OH excluding ortho intramolecular Hbond substituents is 2. The van der Waals surface area contributed by atoms with Crippen molar-refractivity contribution in [2.24, 2.45) is 0 Å². The Kier molecular flexibility index (Phi) is 7.71. The number of benzene rings is 2. The summed E-state index contributed by atoms with van der Waals surface area (Å²) in [5.74, 6) is 2.59. The summed E-state index contributed by atoms with van der Waals surface area (Å²) >= 11 is 1.90. The molecule has 3 heteroatoms. The number of phenols is 2. The summed E-state index contributed by atoms with van der Waals surface area (Å²) < 4.78 is 0. The van der Waals surface area contributed by atoms with Crippen LogP contribution >= 0.6 is 11.8 Å². The van der Waals surface area contributed by atoms with Gasteiger partial charge in [0.1, 0.15) is 11.5 Å². The Hall–Kier alpha value is -1.61. The maximum Gasteiger partial charge on any atom is 0.123 e. The van der Waals surface area contributed by atoms with Gasteiger partial charge in [0, 0.05) is 11.5 Å². The second kappa shape index (κ2) is 9.21. The fourth-order valence-electron chi connectivity index (χ4n) is 4.25. The molecule has 0 fully saturated rings. The van der Waals surface area contributed by atoms with Gasteiger partial charge in [-0.1, -0.05) is 101 Å². The number of rotatable bonds is 4. The molecule has 0 aliphatic rings. The standard InChI is InChI=1S/C30H46O2S/c1-27(2,3)21-16-25(31)22(28(4,5)6)15-20(21)18-33-17-19-13-23(29(7,8)9)26(32)24(14-19)30(10,11)12/h13-16,31-32H,17-18H2,1-12H3. The second-order valence-corrected chi connectivity index (χ2v) is 14.5. The first kappa shape index (κ1) is 27.6. The van der Waals surface area contributed by atoms with Crippen LogP contribution in [0.3, 0.4) is 0 Å². The normalized spacial score (nSPS) is 13.5. The third-order valence-corrected chi connectivity index (χ3v) is 7.20. The molecule has 0 aromatic heterocycles. The summed E-state index contributed by atoms with van der Waals surface area (Å²) in [5, 5.41) is 21.7. The number of aromatic hydroxyl groups is 2. The van der Waals surface area contributed by atoms with E-state index in [1.165, 1.54) is 16.7 Å². The molecule has 0 radical (unpaired) electrons. The van der Waals surface area contributed by atoms with Crippen molar-refractivity contribution >= 4 is 11.8 Å². The second-order valence-electron chi connectivity index (χ2n) is 13.6. The number of thioether (sulfide) groups is 1. The smallest absolute Gasteiger partial charge is 0.123 e. The van der Waals surface area contributed by atoms with Crippen LogP contribution in [-0.4, -0.2) is 10.2 Å². The molecular formula is C30H46O2S. The average Bonchev–Trinajstić information content (AvgIpc) is 2.60. The lowest BCUT2D eigenvalue weighted by Crippen LogP contribution is -2.18. The van der Waals surface area contributed by atoms with Gasteiger partial charge in [0.15, 0.2) is 0 Å². The van der Waals surface area contributed by atoms with Crippen LogP contribution in [-0.2, 0) is 33.2 Å². The van der Waals surface area contributed by atoms with Crippen molar-refractivity contribution < 1.29 is 10.2 Å². The first-order valence-corrected chi connectivity index (χ1v) is 13.2. The van der Waals surface area contributed by atoms with Gasteiger partial charge in [-0.15, -0.1) is 0 Å². The van der Waals surface area contributed by atoms with Gasteiger partial charge in [-0.2, -0.15) is 11.8 Å². The Labute approximate surface area is 207 Å². The van der Waals surface area contributed by atoms with E-state index < -0.39 is 0 Å². The molecule has 0 amide bonds. The molecule has 33 heavy (non-hydrogen) atoms. The van der Waals surface area contributed by atoms with Gasteiger partial charge in [0.05, 0.1) is 0 Å². The Morgan fingerprint density at radius 3 is 1.36 bits per heavy atom. The monoisotopic (exact) mass is 470 g/mol. The van der Waals surface area contributed by atoms with Crippen molar-refractivity contribution in [1.82, 2.24) is 0 Å². The zero-order valence-electron chi connectivity index (χ0n) is 23.0. The molecule has 2 aromatic carbocycles. The molecule has 0 spiro atoms. The van der Waals surface area contributed by atoms with Gasteiger partial charge in [0.25, 0.3) is 0 Å². The van der Waals surface area contributed by atoms with E-state index in [0.717, 1.165) is 28.2 Å². The predicted octanol–water partition coefficient (Wildman–Crippen LogP) is 8.72. The Balaban J connectivity index is 2.42. The highest BCUT2D eigenvalue weighted by atomic mass is 32.2. The van der Waals surface area contributed by atoms with Crippen LogP contribution in [0.15, 0.2) is 24.3 Å². The quantitative estimate of drug-likeness (QED) is 0.469. The fourth-order valence-corrected chi connectivity index (χ4v) is 5.21. The third kappa shape index (κ3) is 6.72. The molecular weight excluding hydrogens is 424 g/mol. The lowest BCUT2D eigenvalue weighted by Gasteiger charge is -2.29. The van der Waals surface area contributed by atoms with Gasteiger partial charge in [0.2, 0.25) is 0 Å². The van der Waals surface area contributed by atoms with Crippen LogP contribution in [0.25, 0.3) is 0 Å². The average molecular weight is 471 g/mol. The lowest BCUT2D eigenvalue weighted by molar-refractivity contribution is 0.423. The minimum absolute atomic E-state index is 0.0405. The van der Waals surface area contributed by atoms with E-state index in [2.05, 4.69) is 101 Å². The molecule has 0 atom stereocenters. The maximum atomic E-state index is 11.0. The zero-order chi connectivity index (χ0) is 25.6. The minimum Gasteiger partial charge on any atom is -0.508 e. The highest BCUT2D eigenvalue weighted by Gasteiger charge is 2.27. The molecule has 2 aromatic rings. The van der Waals surface area contributed by atoms with E-state index in [1.807, 2.05) is 17.8 Å². The maximum absolute atomic E-state index is 11.0. The SMILES string of the molecule is CC(C)(C)c1cc(CSCc2cc(C(C)(C)C)c(O)c(C(C)(C)C)c2)c(C(C)(C)C)cc1O. The van der Waals surface area contributed by atoms with E-state index in [9.17, 15) is 10.2 Å². The molecule has 2 rings (SSSR count).